The molecule has 0 saturated carbocycles. The SMILES string of the molecule is CC(C)(C)S(=O)NC(CN)c1ccc2scnc2c1. The molecule has 0 fully saturated rings. The van der Waals surface area contributed by atoms with Crippen LogP contribution in [0.25, 0.3) is 10.2 Å². The van der Waals surface area contributed by atoms with Gasteiger partial charge in [-0.1, -0.05) is 6.07 Å². The Morgan fingerprint density at radius 2 is 2.21 bits per heavy atom. The maximum absolute atomic E-state index is 12.2. The van der Waals surface area contributed by atoms with Gasteiger partial charge in [-0.2, -0.15) is 0 Å². The standard InChI is InChI=1S/C13H19N3OS2/c1-13(2,3)19(17)16-11(7-14)9-4-5-12-10(6-9)15-8-18-12/h4-6,8,11,16H,7,14H2,1-3H3. The summed E-state index contributed by atoms with van der Waals surface area (Å²) >= 11 is 1.61. The number of benzene rings is 1. The van der Waals surface area contributed by atoms with Gasteiger partial charge in [-0.15, -0.1) is 11.3 Å². The highest BCUT2D eigenvalue weighted by Gasteiger charge is 2.23. The minimum Gasteiger partial charge on any atom is -0.329 e. The number of nitrogens with one attached hydrogen (secondary N) is 1. The summed E-state index contributed by atoms with van der Waals surface area (Å²) < 4.78 is 16.1. The van der Waals surface area contributed by atoms with Crippen LogP contribution in [0.4, 0.5) is 0 Å². The Bertz CT molecular complexity index is 589. The number of thiazole rings is 1. The molecule has 19 heavy (non-hydrogen) atoms. The third kappa shape index (κ3) is 3.39. The molecule has 4 nitrogen and oxygen atoms in total. The first kappa shape index (κ1) is 14.6. The van der Waals surface area contributed by atoms with Gasteiger partial charge in [0, 0.05) is 6.54 Å². The predicted molar refractivity (Wildman–Crippen MR) is 82.4 cm³/mol. The Morgan fingerprint density at radius 1 is 1.47 bits per heavy atom. The van der Waals surface area contributed by atoms with E-state index in [1.54, 1.807) is 11.3 Å². The van der Waals surface area contributed by atoms with Crippen LogP contribution in [0, 0.1) is 0 Å². The number of aromatic nitrogens is 1. The molecule has 0 saturated heterocycles. The molecule has 2 unspecified atom stereocenters. The van der Waals surface area contributed by atoms with Crippen molar-refractivity contribution in [2.45, 2.75) is 31.6 Å². The van der Waals surface area contributed by atoms with E-state index in [-0.39, 0.29) is 10.8 Å². The second-order valence-corrected chi connectivity index (χ2v) is 8.25. The van der Waals surface area contributed by atoms with Crippen molar-refractivity contribution in [3.05, 3.63) is 29.3 Å². The molecule has 0 aliphatic carbocycles. The molecule has 2 aromatic rings. The Hall–Kier alpha value is -0.820. The summed E-state index contributed by atoms with van der Waals surface area (Å²) in [4.78, 5) is 4.30. The maximum atomic E-state index is 12.2. The zero-order chi connectivity index (χ0) is 14.0. The van der Waals surface area contributed by atoms with Crippen molar-refractivity contribution in [3.8, 4) is 0 Å². The Labute approximate surface area is 120 Å². The number of nitrogens with zero attached hydrogens (tertiary/aromatic N) is 1. The first-order valence-corrected chi connectivity index (χ1v) is 8.16. The van der Waals surface area contributed by atoms with Gasteiger partial charge in [-0.05, 0) is 38.5 Å². The van der Waals surface area contributed by atoms with E-state index in [4.69, 9.17) is 5.73 Å². The van der Waals surface area contributed by atoms with Gasteiger partial charge in [-0.25, -0.2) is 13.9 Å². The van der Waals surface area contributed by atoms with Crippen molar-refractivity contribution in [1.29, 1.82) is 0 Å². The molecule has 2 rings (SSSR count). The van der Waals surface area contributed by atoms with Crippen LogP contribution in [0.1, 0.15) is 32.4 Å². The van der Waals surface area contributed by atoms with Crippen LogP contribution in [-0.4, -0.2) is 20.5 Å². The fraction of sp³-hybridized carbons (Fsp3) is 0.462. The normalized spacial score (nSPS) is 15.6. The number of rotatable bonds is 4. The van der Waals surface area contributed by atoms with Gasteiger partial charge in [0.15, 0.2) is 0 Å². The average Bonchev–Trinajstić information content (AvgIpc) is 2.81. The molecular formula is C13H19N3OS2. The van der Waals surface area contributed by atoms with Crippen LogP contribution in [0.3, 0.4) is 0 Å². The van der Waals surface area contributed by atoms with E-state index >= 15 is 0 Å². The van der Waals surface area contributed by atoms with Gasteiger partial charge in [-0.3, -0.25) is 0 Å². The molecule has 2 atom stereocenters. The number of nitrogens with two attached hydrogens (primary N) is 1. The van der Waals surface area contributed by atoms with E-state index < -0.39 is 11.0 Å². The topological polar surface area (TPSA) is 68.0 Å². The van der Waals surface area contributed by atoms with Crippen LogP contribution in [0.2, 0.25) is 0 Å². The second-order valence-electron chi connectivity index (χ2n) is 5.37. The van der Waals surface area contributed by atoms with Gasteiger partial charge in [0.25, 0.3) is 0 Å². The van der Waals surface area contributed by atoms with E-state index in [1.807, 2.05) is 44.5 Å². The fourth-order valence-electron chi connectivity index (χ4n) is 1.65. The summed E-state index contributed by atoms with van der Waals surface area (Å²) in [7, 11) is -1.14. The quantitative estimate of drug-likeness (QED) is 0.910. The summed E-state index contributed by atoms with van der Waals surface area (Å²) in [5.74, 6) is 0. The molecule has 0 bridgehead atoms. The smallest absolute Gasteiger partial charge is 0.0976 e. The van der Waals surface area contributed by atoms with Crippen LogP contribution in [0.15, 0.2) is 23.7 Å². The fourth-order valence-corrected chi connectivity index (χ4v) is 3.15. The molecule has 0 amide bonds. The van der Waals surface area contributed by atoms with E-state index in [2.05, 4.69) is 9.71 Å². The molecule has 1 aromatic carbocycles. The summed E-state index contributed by atoms with van der Waals surface area (Å²) in [6.07, 6.45) is 0. The molecule has 0 spiro atoms. The van der Waals surface area contributed by atoms with E-state index in [9.17, 15) is 4.21 Å². The molecule has 6 heteroatoms. The van der Waals surface area contributed by atoms with Gasteiger partial charge >= 0.3 is 0 Å². The van der Waals surface area contributed by atoms with Crippen molar-refractivity contribution >= 4 is 32.5 Å². The second kappa shape index (κ2) is 5.66. The monoisotopic (exact) mass is 297 g/mol. The summed E-state index contributed by atoms with van der Waals surface area (Å²) in [5.41, 5.74) is 9.62. The lowest BCUT2D eigenvalue weighted by Crippen LogP contribution is -2.38. The van der Waals surface area contributed by atoms with Crippen molar-refractivity contribution in [2.24, 2.45) is 5.73 Å². The van der Waals surface area contributed by atoms with Crippen molar-refractivity contribution in [2.75, 3.05) is 6.54 Å². The van der Waals surface area contributed by atoms with Crippen LogP contribution in [0.5, 0.6) is 0 Å². The Morgan fingerprint density at radius 3 is 2.84 bits per heavy atom. The number of hydrogen-bond acceptors (Lipinski definition) is 4. The van der Waals surface area contributed by atoms with Gasteiger partial charge in [0.2, 0.25) is 0 Å². The minimum atomic E-state index is -1.14. The van der Waals surface area contributed by atoms with Crippen LogP contribution in [-0.2, 0) is 11.0 Å². The lowest BCUT2D eigenvalue weighted by atomic mass is 10.1. The van der Waals surface area contributed by atoms with E-state index in [1.165, 1.54) is 0 Å². The molecule has 1 heterocycles. The maximum Gasteiger partial charge on any atom is 0.0976 e. The molecule has 3 N–H and O–H groups in total. The van der Waals surface area contributed by atoms with Crippen molar-refractivity contribution in [1.82, 2.24) is 9.71 Å². The first-order chi connectivity index (χ1) is 8.91. The zero-order valence-electron chi connectivity index (χ0n) is 11.3. The molecule has 0 aliphatic heterocycles. The van der Waals surface area contributed by atoms with Gasteiger partial charge in [0.1, 0.15) is 0 Å². The molecule has 104 valence electrons. The Balaban J connectivity index is 2.23. The molecule has 0 radical (unpaired) electrons. The van der Waals surface area contributed by atoms with Crippen molar-refractivity contribution in [3.63, 3.8) is 0 Å². The van der Waals surface area contributed by atoms with Crippen LogP contribution >= 0.6 is 11.3 Å². The summed E-state index contributed by atoms with van der Waals surface area (Å²) in [6.45, 7) is 6.21. The van der Waals surface area contributed by atoms with Gasteiger partial charge < -0.3 is 5.73 Å². The molecule has 1 aromatic heterocycles. The first-order valence-electron chi connectivity index (χ1n) is 6.13. The lowest BCUT2D eigenvalue weighted by Gasteiger charge is -2.23. The van der Waals surface area contributed by atoms with E-state index in [0.29, 0.717) is 6.54 Å². The van der Waals surface area contributed by atoms with Gasteiger partial charge in [0.05, 0.1) is 37.5 Å². The Kier molecular flexibility index (Phi) is 4.35. The molecular weight excluding hydrogens is 278 g/mol. The molecule has 0 aliphatic rings. The zero-order valence-corrected chi connectivity index (χ0v) is 13.0. The number of fused-ring (bicyclic) bond motifs is 1. The summed E-state index contributed by atoms with van der Waals surface area (Å²) in [6, 6.07) is 5.94. The lowest BCUT2D eigenvalue weighted by molar-refractivity contribution is 0.602. The third-order valence-electron chi connectivity index (χ3n) is 2.80. The highest BCUT2D eigenvalue weighted by atomic mass is 32.2. The highest BCUT2D eigenvalue weighted by molar-refractivity contribution is 7.84. The predicted octanol–water partition coefficient (Wildman–Crippen LogP) is 2.35. The third-order valence-corrected chi connectivity index (χ3v) is 5.22. The van der Waals surface area contributed by atoms with E-state index in [0.717, 1.165) is 15.8 Å². The van der Waals surface area contributed by atoms with Crippen LogP contribution < -0.4 is 10.5 Å². The highest BCUT2D eigenvalue weighted by Crippen LogP contribution is 2.23. The summed E-state index contributed by atoms with van der Waals surface area (Å²) in [5, 5.41) is 0. The average molecular weight is 297 g/mol. The number of hydrogen-bond donors (Lipinski definition) is 2. The van der Waals surface area contributed by atoms with Crippen molar-refractivity contribution < 1.29 is 4.21 Å². The minimum absolute atomic E-state index is 0.119. The largest absolute Gasteiger partial charge is 0.329 e.